The number of hydrogen-bond donors (Lipinski definition) is 1. The molecule has 1 aromatic heterocycles. The van der Waals surface area contributed by atoms with Crippen LogP contribution >= 0.6 is 0 Å². The molecule has 172 valence electrons. The molecule has 2 aromatic carbocycles. The molecule has 0 saturated carbocycles. The first-order chi connectivity index (χ1) is 16.5. The number of aliphatic carboxylic acids is 1. The number of nitrogens with zero attached hydrogens (tertiary/aromatic N) is 2. The summed E-state index contributed by atoms with van der Waals surface area (Å²) in [5.41, 5.74) is 3.66. The third kappa shape index (κ3) is 5.62. The number of aromatic nitrogens is 2. The molecule has 0 spiro atoms. The Kier molecular flexibility index (Phi) is 7.23. The third-order valence-corrected chi connectivity index (χ3v) is 5.68. The highest BCUT2D eigenvalue weighted by molar-refractivity contribution is 5.72. The molecular weight excluding hydrogens is 424 g/mol. The molecule has 0 radical (unpaired) electrons. The summed E-state index contributed by atoms with van der Waals surface area (Å²) in [6.07, 6.45) is 13.9. The van der Waals surface area contributed by atoms with Gasteiger partial charge in [-0.25, -0.2) is 4.68 Å². The molecule has 0 bridgehead atoms. The predicted octanol–water partition coefficient (Wildman–Crippen LogP) is 6.76. The number of hydrogen-bond acceptors (Lipinski definition) is 3. The van der Waals surface area contributed by atoms with Gasteiger partial charge in [-0.15, -0.1) is 0 Å². The molecule has 0 fully saturated rings. The van der Waals surface area contributed by atoms with Crippen LogP contribution in [0.3, 0.4) is 0 Å². The van der Waals surface area contributed by atoms with Gasteiger partial charge in [-0.05, 0) is 56.3 Å². The monoisotopic (exact) mass is 452 g/mol. The number of benzene rings is 2. The Bertz CT molecular complexity index is 1250. The van der Waals surface area contributed by atoms with Gasteiger partial charge in [-0.1, -0.05) is 60.2 Å². The van der Waals surface area contributed by atoms with Crippen LogP contribution in [0.25, 0.3) is 17.5 Å². The van der Waals surface area contributed by atoms with E-state index in [1.807, 2.05) is 117 Å². The van der Waals surface area contributed by atoms with E-state index in [1.54, 1.807) is 4.68 Å². The van der Waals surface area contributed by atoms with E-state index in [0.29, 0.717) is 6.42 Å². The van der Waals surface area contributed by atoms with Gasteiger partial charge in [0, 0.05) is 24.1 Å². The second-order valence-corrected chi connectivity index (χ2v) is 8.27. The zero-order chi connectivity index (χ0) is 23.9. The second-order valence-electron chi connectivity index (χ2n) is 8.27. The van der Waals surface area contributed by atoms with Gasteiger partial charge in [-0.2, -0.15) is 5.10 Å². The van der Waals surface area contributed by atoms with E-state index in [-0.39, 0.29) is 5.92 Å². The van der Waals surface area contributed by atoms with Crippen molar-refractivity contribution >= 4 is 12.2 Å². The minimum Gasteiger partial charge on any atom is -0.481 e. The van der Waals surface area contributed by atoms with Crippen molar-refractivity contribution in [1.82, 2.24) is 9.78 Å². The quantitative estimate of drug-likeness (QED) is 0.410. The van der Waals surface area contributed by atoms with Gasteiger partial charge in [0.1, 0.15) is 11.5 Å². The maximum Gasteiger partial charge on any atom is 0.307 e. The van der Waals surface area contributed by atoms with E-state index in [9.17, 15) is 9.90 Å². The molecular formula is C29H28N2O3. The van der Waals surface area contributed by atoms with Crippen LogP contribution in [0.1, 0.15) is 19.5 Å². The Hall–Kier alpha value is -4.12. The van der Waals surface area contributed by atoms with Crippen LogP contribution in [-0.4, -0.2) is 20.9 Å². The number of ether oxygens (including phenoxy) is 1. The standard InChI is InChI=1S/C29H28N2O3/c1-3-17-31-28(22-13-15-26(16-14-22)34-25-11-5-4-6-12-25)20-24(30-31)19-27(29(32)33)23-10-8-7-9-21(2)18-23/h3-18,20,23,27H,19H2,1-2H3,(H,32,33)/b17-3+. The average Bonchev–Trinajstić information content (AvgIpc) is 3.10. The molecule has 5 nitrogen and oxygen atoms in total. The number of carboxylic acid groups (broad SMARTS) is 1. The molecule has 1 aliphatic rings. The van der Waals surface area contributed by atoms with E-state index in [4.69, 9.17) is 9.84 Å². The van der Waals surface area contributed by atoms with Gasteiger partial charge in [0.15, 0.2) is 0 Å². The molecule has 1 N–H and O–H groups in total. The Morgan fingerprint density at radius 3 is 2.56 bits per heavy atom. The molecule has 0 aliphatic heterocycles. The predicted molar refractivity (Wildman–Crippen MR) is 136 cm³/mol. The number of para-hydroxylation sites is 1. The van der Waals surface area contributed by atoms with Crippen LogP contribution in [0, 0.1) is 11.8 Å². The molecule has 5 heteroatoms. The average molecular weight is 453 g/mol. The lowest BCUT2D eigenvalue weighted by Crippen LogP contribution is -2.24. The van der Waals surface area contributed by atoms with Crippen LogP contribution < -0.4 is 4.74 Å². The fraction of sp³-hybridized carbons (Fsp3) is 0.172. The summed E-state index contributed by atoms with van der Waals surface area (Å²) in [7, 11) is 0. The van der Waals surface area contributed by atoms with Gasteiger partial charge < -0.3 is 9.84 Å². The van der Waals surface area contributed by atoms with Crippen LogP contribution in [-0.2, 0) is 11.2 Å². The third-order valence-electron chi connectivity index (χ3n) is 5.68. The summed E-state index contributed by atoms with van der Waals surface area (Å²) in [4.78, 5) is 12.2. The molecule has 34 heavy (non-hydrogen) atoms. The lowest BCUT2D eigenvalue weighted by atomic mass is 9.87. The minimum atomic E-state index is -0.829. The van der Waals surface area contributed by atoms with Crippen molar-refractivity contribution in [2.24, 2.45) is 11.8 Å². The highest BCUT2D eigenvalue weighted by Crippen LogP contribution is 2.29. The summed E-state index contributed by atoms with van der Waals surface area (Å²) in [5, 5.41) is 14.7. The number of carboxylic acids is 1. The molecule has 2 unspecified atom stereocenters. The summed E-state index contributed by atoms with van der Waals surface area (Å²) in [6, 6.07) is 19.4. The lowest BCUT2D eigenvalue weighted by molar-refractivity contribution is -0.142. The van der Waals surface area contributed by atoms with E-state index in [1.165, 1.54) is 0 Å². The summed E-state index contributed by atoms with van der Waals surface area (Å²) in [6.45, 7) is 3.92. The van der Waals surface area contributed by atoms with Crippen molar-refractivity contribution in [3.63, 3.8) is 0 Å². The van der Waals surface area contributed by atoms with Crippen molar-refractivity contribution < 1.29 is 14.6 Å². The molecule has 2 atom stereocenters. The molecule has 1 aliphatic carbocycles. The highest BCUT2D eigenvalue weighted by Gasteiger charge is 2.27. The van der Waals surface area contributed by atoms with Gasteiger partial charge in [0.05, 0.1) is 17.3 Å². The van der Waals surface area contributed by atoms with Crippen LogP contribution in [0.5, 0.6) is 11.5 Å². The Balaban J connectivity index is 1.59. The fourth-order valence-electron chi connectivity index (χ4n) is 4.01. The van der Waals surface area contributed by atoms with Crippen molar-refractivity contribution in [2.45, 2.75) is 20.3 Å². The smallest absolute Gasteiger partial charge is 0.307 e. The summed E-state index contributed by atoms with van der Waals surface area (Å²) >= 11 is 0. The fourth-order valence-corrected chi connectivity index (χ4v) is 4.01. The molecule has 3 aromatic rings. The van der Waals surface area contributed by atoms with Gasteiger partial charge in [-0.3, -0.25) is 4.79 Å². The second kappa shape index (κ2) is 10.7. The Morgan fingerprint density at radius 1 is 1.12 bits per heavy atom. The number of carbonyl (C=O) groups is 1. The van der Waals surface area contributed by atoms with Gasteiger partial charge >= 0.3 is 5.97 Å². The van der Waals surface area contributed by atoms with Crippen LogP contribution in [0.15, 0.2) is 103 Å². The zero-order valence-corrected chi connectivity index (χ0v) is 19.3. The maximum absolute atomic E-state index is 12.2. The van der Waals surface area contributed by atoms with Crippen molar-refractivity contribution in [3.8, 4) is 22.8 Å². The van der Waals surface area contributed by atoms with Gasteiger partial charge in [0.2, 0.25) is 0 Å². The van der Waals surface area contributed by atoms with Crippen molar-refractivity contribution in [3.05, 3.63) is 108 Å². The molecule has 0 amide bonds. The van der Waals surface area contributed by atoms with E-state index < -0.39 is 11.9 Å². The minimum absolute atomic E-state index is 0.197. The first kappa shape index (κ1) is 23.1. The van der Waals surface area contributed by atoms with Crippen LogP contribution in [0.2, 0.25) is 0 Å². The maximum atomic E-state index is 12.2. The normalized spacial score (nSPS) is 16.3. The topological polar surface area (TPSA) is 64.4 Å². The van der Waals surface area contributed by atoms with Crippen molar-refractivity contribution in [1.29, 1.82) is 0 Å². The number of rotatable bonds is 8. The molecule has 4 rings (SSSR count). The summed E-state index contributed by atoms with van der Waals surface area (Å²) < 4.78 is 7.70. The molecule has 0 saturated heterocycles. The number of allylic oxidation sites excluding steroid dienone is 7. The van der Waals surface area contributed by atoms with E-state index in [2.05, 4.69) is 0 Å². The van der Waals surface area contributed by atoms with Crippen LogP contribution in [0.4, 0.5) is 0 Å². The lowest BCUT2D eigenvalue weighted by Gasteiger charge is -2.17. The van der Waals surface area contributed by atoms with E-state index in [0.717, 1.165) is 34.0 Å². The Labute approximate surface area is 200 Å². The highest BCUT2D eigenvalue weighted by atomic mass is 16.5. The zero-order valence-electron chi connectivity index (χ0n) is 19.3. The van der Waals surface area contributed by atoms with Gasteiger partial charge in [0.25, 0.3) is 0 Å². The Morgan fingerprint density at radius 2 is 1.85 bits per heavy atom. The summed E-state index contributed by atoms with van der Waals surface area (Å²) in [5.74, 6) is -0.102. The largest absolute Gasteiger partial charge is 0.481 e. The molecule has 1 heterocycles. The first-order valence-corrected chi connectivity index (χ1v) is 11.3. The first-order valence-electron chi connectivity index (χ1n) is 11.3. The van der Waals surface area contributed by atoms with Crippen molar-refractivity contribution in [2.75, 3.05) is 0 Å². The SMILES string of the molecule is C/C=C/n1nc(CC(C(=O)O)C2C=CC=CC(C)=C2)cc1-c1ccc(Oc2ccccc2)cc1. The van der Waals surface area contributed by atoms with E-state index >= 15 is 0 Å².